The summed E-state index contributed by atoms with van der Waals surface area (Å²) in [5.74, 6) is -0.126. The minimum atomic E-state index is -0.516. The second kappa shape index (κ2) is 3.87. The number of hydrogen-bond acceptors (Lipinski definition) is 4. The van der Waals surface area contributed by atoms with Gasteiger partial charge in [-0.15, -0.1) is 0 Å². The van der Waals surface area contributed by atoms with Crippen molar-refractivity contribution < 1.29 is 9.72 Å². The first-order valence-electron chi connectivity index (χ1n) is 4.03. The number of ketones is 1. The molecule has 5 nitrogen and oxygen atoms in total. The lowest BCUT2D eigenvalue weighted by molar-refractivity contribution is -0.385. The molecule has 0 aromatic heterocycles. The van der Waals surface area contributed by atoms with Gasteiger partial charge >= 0.3 is 0 Å². The number of anilines is 1. The molecule has 0 amide bonds. The zero-order valence-corrected chi connectivity index (χ0v) is 7.69. The number of nitrogens with zero attached hydrogens (tertiary/aromatic N) is 1. The normalized spacial score (nSPS) is 9.79. The van der Waals surface area contributed by atoms with Crippen molar-refractivity contribution >= 4 is 17.2 Å². The van der Waals surface area contributed by atoms with E-state index in [1.54, 1.807) is 0 Å². The molecule has 5 heteroatoms. The van der Waals surface area contributed by atoms with Crippen LogP contribution in [0.3, 0.4) is 0 Å². The van der Waals surface area contributed by atoms with Gasteiger partial charge in [-0.1, -0.05) is 0 Å². The molecule has 0 saturated carbocycles. The van der Waals surface area contributed by atoms with Gasteiger partial charge in [0.15, 0.2) is 0 Å². The summed E-state index contributed by atoms with van der Waals surface area (Å²) >= 11 is 0. The first-order chi connectivity index (χ1) is 6.50. The molecule has 14 heavy (non-hydrogen) atoms. The highest BCUT2D eigenvalue weighted by Gasteiger charge is 2.14. The Kier molecular flexibility index (Phi) is 2.81. The van der Waals surface area contributed by atoms with Gasteiger partial charge < -0.3 is 5.73 Å². The SMILES string of the molecule is CC(=O)Cc1cc(N)ccc1[N+](=O)[O-]. The topological polar surface area (TPSA) is 86.2 Å². The molecule has 1 aromatic rings. The van der Waals surface area contributed by atoms with Crippen molar-refractivity contribution in [2.75, 3.05) is 5.73 Å². The third kappa shape index (κ3) is 2.29. The molecule has 0 aliphatic heterocycles. The molecule has 0 unspecified atom stereocenters. The van der Waals surface area contributed by atoms with E-state index < -0.39 is 4.92 Å². The number of carbonyl (C=O) groups excluding carboxylic acids is 1. The average Bonchev–Trinajstić information content (AvgIpc) is 2.01. The fourth-order valence-corrected chi connectivity index (χ4v) is 1.19. The van der Waals surface area contributed by atoms with Crippen LogP contribution < -0.4 is 5.73 Å². The molecule has 0 aliphatic rings. The van der Waals surface area contributed by atoms with Crippen LogP contribution in [-0.2, 0) is 11.2 Å². The third-order valence-corrected chi connectivity index (χ3v) is 1.74. The van der Waals surface area contributed by atoms with Crippen molar-refractivity contribution in [1.82, 2.24) is 0 Å². The number of benzene rings is 1. The molecule has 0 aliphatic carbocycles. The van der Waals surface area contributed by atoms with E-state index >= 15 is 0 Å². The van der Waals surface area contributed by atoms with Crippen molar-refractivity contribution in [2.45, 2.75) is 13.3 Å². The maximum absolute atomic E-state index is 10.8. The first-order valence-corrected chi connectivity index (χ1v) is 4.03. The zero-order chi connectivity index (χ0) is 10.7. The highest BCUT2D eigenvalue weighted by Crippen LogP contribution is 2.21. The Morgan fingerprint density at radius 1 is 1.57 bits per heavy atom. The van der Waals surface area contributed by atoms with Crippen molar-refractivity contribution in [3.05, 3.63) is 33.9 Å². The molecule has 0 spiro atoms. The standard InChI is InChI=1S/C9H10N2O3/c1-6(12)4-7-5-8(10)2-3-9(7)11(13)14/h2-3,5H,4,10H2,1H3. The number of nitrogen functional groups attached to an aromatic ring is 1. The van der Waals surface area contributed by atoms with Gasteiger partial charge in [0, 0.05) is 23.7 Å². The first kappa shape index (κ1) is 10.2. The summed E-state index contributed by atoms with van der Waals surface area (Å²) in [4.78, 5) is 20.9. The highest BCUT2D eigenvalue weighted by atomic mass is 16.6. The summed E-state index contributed by atoms with van der Waals surface area (Å²) < 4.78 is 0. The Bertz CT molecular complexity index is 388. The van der Waals surface area contributed by atoms with Crippen molar-refractivity contribution in [3.63, 3.8) is 0 Å². The van der Waals surface area contributed by atoms with Crippen LogP contribution in [0, 0.1) is 10.1 Å². The zero-order valence-electron chi connectivity index (χ0n) is 7.69. The quantitative estimate of drug-likeness (QED) is 0.446. The summed E-state index contributed by atoms with van der Waals surface area (Å²) in [6.45, 7) is 1.38. The van der Waals surface area contributed by atoms with E-state index in [9.17, 15) is 14.9 Å². The van der Waals surface area contributed by atoms with E-state index in [2.05, 4.69) is 0 Å². The van der Waals surface area contributed by atoms with Crippen molar-refractivity contribution in [3.8, 4) is 0 Å². The van der Waals surface area contributed by atoms with Gasteiger partial charge in [-0.2, -0.15) is 0 Å². The molecular formula is C9H10N2O3. The third-order valence-electron chi connectivity index (χ3n) is 1.74. The van der Waals surface area contributed by atoms with Crippen LogP contribution in [0.1, 0.15) is 12.5 Å². The minimum Gasteiger partial charge on any atom is -0.399 e. The molecule has 1 rings (SSSR count). The van der Waals surface area contributed by atoms with Gasteiger partial charge in [0.1, 0.15) is 5.78 Å². The fraction of sp³-hybridized carbons (Fsp3) is 0.222. The molecule has 0 fully saturated rings. The van der Waals surface area contributed by atoms with E-state index in [1.807, 2.05) is 0 Å². The lowest BCUT2D eigenvalue weighted by Crippen LogP contribution is -2.02. The van der Waals surface area contributed by atoms with Crippen LogP contribution in [0.5, 0.6) is 0 Å². The van der Waals surface area contributed by atoms with Crippen LogP contribution in [0.2, 0.25) is 0 Å². The van der Waals surface area contributed by atoms with Gasteiger partial charge in [-0.3, -0.25) is 14.9 Å². The van der Waals surface area contributed by atoms with Crippen LogP contribution in [-0.4, -0.2) is 10.7 Å². The second-order valence-electron chi connectivity index (χ2n) is 3.02. The molecule has 0 saturated heterocycles. The predicted octanol–water partition coefficient (Wildman–Crippen LogP) is 1.31. The Balaban J connectivity index is 3.15. The number of nitrogens with two attached hydrogens (primary N) is 1. The molecular weight excluding hydrogens is 184 g/mol. The number of nitro benzene ring substituents is 1. The fourth-order valence-electron chi connectivity index (χ4n) is 1.19. The smallest absolute Gasteiger partial charge is 0.273 e. The Hall–Kier alpha value is -1.91. The summed E-state index contributed by atoms with van der Waals surface area (Å²) in [7, 11) is 0. The van der Waals surface area contributed by atoms with Gasteiger partial charge in [0.2, 0.25) is 0 Å². The van der Waals surface area contributed by atoms with Crippen LogP contribution in [0.15, 0.2) is 18.2 Å². The monoisotopic (exact) mass is 194 g/mol. The van der Waals surface area contributed by atoms with E-state index in [0.717, 1.165) is 0 Å². The van der Waals surface area contributed by atoms with Gasteiger partial charge in [-0.25, -0.2) is 0 Å². The van der Waals surface area contributed by atoms with Gasteiger partial charge in [-0.05, 0) is 19.1 Å². The second-order valence-corrected chi connectivity index (χ2v) is 3.02. The largest absolute Gasteiger partial charge is 0.399 e. The van der Waals surface area contributed by atoms with Gasteiger partial charge in [0.05, 0.1) is 4.92 Å². The lowest BCUT2D eigenvalue weighted by Gasteiger charge is -2.01. The van der Waals surface area contributed by atoms with Crippen molar-refractivity contribution in [1.29, 1.82) is 0 Å². The Morgan fingerprint density at radius 2 is 2.21 bits per heavy atom. The predicted molar refractivity (Wildman–Crippen MR) is 51.9 cm³/mol. The number of carbonyl (C=O) groups is 1. The Morgan fingerprint density at radius 3 is 2.71 bits per heavy atom. The lowest BCUT2D eigenvalue weighted by atomic mass is 10.1. The van der Waals surface area contributed by atoms with E-state index in [4.69, 9.17) is 5.73 Å². The summed E-state index contributed by atoms with van der Waals surface area (Å²) in [5.41, 5.74) is 6.20. The minimum absolute atomic E-state index is 0.0430. The van der Waals surface area contributed by atoms with E-state index in [0.29, 0.717) is 11.3 Å². The number of hydrogen-bond donors (Lipinski definition) is 1. The van der Waals surface area contributed by atoms with Gasteiger partial charge in [0.25, 0.3) is 5.69 Å². The molecule has 1 aromatic carbocycles. The molecule has 2 N–H and O–H groups in total. The van der Waals surface area contributed by atoms with Crippen molar-refractivity contribution in [2.24, 2.45) is 0 Å². The summed E-state index contributed by atoms with van der Waals surface area (Å²) in [5, 5.41) is 10.6. The van der Waals surface area contributed by atoms with Crippen LogP contribution in [0.4, 0.5) is 11.4 Å². The molecule has 0 radical (unpaired) electrons. The molecule has 0 bridgehead atoms. The number of Topliss-reactive ketones (excluding diaryl/α,β-unsaturated/α-hetero) is 1. The van der Waals surface area contributed by atoms with Crippen LogP contribution in [0.25, 0.3) is 0 Å². The van der Waals surface area contributed by atoms with E-state index in [1.165, 1.54) is 25.1 Å². The average molecular weight is 194 g/mol. The molecule has 0 atom stereocenters. The number of rotatable bonds is 3. The van der Waals surface area contributed by atoms with E-state index in [-0.39, 0.29) is 17.9 Å². The summed E-state index contributed by atoms with van der Waals surface area (Å²) in [6, 6.07) is 4.22. The van der Waals surface area contributed by atoms with Crippen LogP contribution >= 0.6 is 0 Å². The maximum Gasteiger partial charge on any atom is 0.273 e. The summed E-state index contributed by atoms with van der Waals surface area (Å²) in [6.07, 6.45) is 0.0430. The molecule has 74 valence electrons. The highest BCUT2D eigenvalue weighted by molar-refractivity contribution is 5.79. The maximum atomic E-state index is 10.8. The number of nitro groups is 1. The Labute approximate surface area is 80.7 Å². The molecule has 0 heterocycles.